The summed E-state index contributed by atoms with van der Waals surface area (Å²) in [6.07, 6.45) is 3.21. The highest BCUT2D eigenvalue weighted by molar-refractivity contribution is 8.19. The second-order valence-electron chi connectivity index (χ2n) is 6.66. The topological polar surface area (TPSA) is 42.4 Å². The molecule has 0 amide bonds. The maximum atomic E-state index is 12.5. The van der Waals surface area contributed by atoms with Crippen LogP contribution in [0, 0.1) is 5.92 Å². The normalized spacial score (nSPS) is 18.6. The van der Waals surface area contributed by atoms with Crippen molar-refractivity contribution in [2.24, 2.45) is 5.92 Å². The molecule has 0 radical (unpaired) electrons. The van der Waals surface area contributed by atoms with Gasteiger partial charge in [-0.15, -0.1) is 23.5 Å². The lowest BCUT2D eigenvalue weighted by molar-refractivity contribution is -0.139. The van der Waals surface area contributed by atoms with Crippen LogP contribution < -0.4 is 9.64 Å². The first-order valence-electron chi connectivity index (χ1n) is 9.10. The van der Waals surface area contributed by atoms with Gasteiger partial charge in [-0.25, -0.2) is 4.98 Å². The molecule has 1 aromatic heterocycles. The van der Waals surface area contributed by atoms with Gasteiger partial charge in [-0.05, 0) is 42.7 Å². The Morgan fingerprint density at radius 1 is 1.07 bits per heavy atom. The van der Waals surface area contributed by atoms with Crippen molar-refractivity contribution in [2.45, 2.75) is 17.4 Å². The Labute approximate surface area is 173 Å². The van der Waals surface area contributed by atoms with Gasteiger partial charge in [0.25, 0.3) is 0 Å². The number of ether oxygens (including phenoxy) is 1. The van der Waals surface area contributed by atoms with Crippen molar-refractivity contribution in [3.05, 3.63) is 53.2 Å². The molecule has 2 fully saturated rings. The molecular weight excluding hydrogens is 400 g/mol. The third-order valence-corrected chi connectivity index (χ3v) is 8.18. The van der Waals surface area contributed by atoms with Crippen LogP contribution in [0.5, 0.6) is 5.75 Å². The summed E-state index contributed by atoms with van der Waals surface area (Å²) in [5.41, 5.74) is 1.30. The number of aromatic nitrogens is 1. The van der Waals surface area contributed by atoms with E-state index in [1.807, 2.05) is 47.8 Å². The third kappa shape index (κ3) is 4.73. The summed E-state index contributed by atoms with van der Waals surface area (Å²) in [6, 6.07) is 11.7. The Morgan fingerprint density at radius 3 is 2.41 bits per heavy atom. The smallest absolute Gasteiger partial charge is 0.314 e. The Morgan fingerprint density at radius 2 is 1.78 bits per heavy atom. The first-order valence-corrected chi connectivity index (χ1v) is 11.6. The summed E-state index contributed by atoms with van der Waals surface area (Å²) in [5.74, 6) is 3.76. The Kier molecular flexibility index (Phi) is 6.15. The molecule has 7 heteroatoms. The van der Waals surface area contributed by atoms with Crippen molar-refractivity contribution >= 4 is 46.9 Å². The van der Waals surface area contributed by atoms with Crippen molar-refractivity contribution in [3.63, 3.8) is 0 Å². The number of piperidine rings is 1. The fraction of sp³-hybridized carbons (Fsp3) is 0.400. The van der Waals surface area contributed by atoms with Crippen LogP contribution >= 0.6 is 35.1 Å². The number of nitrogens with zero attached hydrogens (tertiary/aromatic N) is 2. The highest BCUT2D eigenvalue weighted by atomic mass is 35.5. The molecule has 0 saturated carbocycles. The van der Waals surface area contributed by atoms with Crippen LogP contribution in [0.1, 0.15) is 23.0 Å². The summed E-state index contributed by atoms with van der Waals surface area (Å²) >= 11 is 9.84. The lowest BCUT2D eigenvalue weighted by Gasteiger charge is -2.31. The van der Waals surface area contributed by atoms with Gasteiger partial charge in [0.1, 0.15) is 11.6 Å². The molecule has 0 aliphatic carbocycles. The fourth-order valence-electron chi connectivity index (χ4n) is 3.34. The second kappa shape index (κ2) is 8.76. The molecule has 2 aromatic rings. The van der Waals surface area contributed by atoms with Crippen LogP contribution in [0.25, 0.3) is 0 Å². The van der Waals surface area contributed by atoms with Gasteiger partial charge in [0.2, 0.25) is 0 Å². The van der Waals surface area contributed by atoms with Crippen LogP contribution in [0.3, 0.4) is 0 Å². The number of carbonyl (C=O) groups excluding carboxylic acids is 1. The molecular formula is C20H21ClN2O2S2. The first-order chi connectivity index (χ1) is 13.2. The zero-order valence-electron chi connectivity index (χ0n) is 14.8. The average Bonchev–Trinajstić information content (AvgIpc) is 3.24. The van der Waals surface area contributed by atoms with E-state index in [1.54, 1.807) is 6.20 Å². The van der Waals surface area contributed by atoms with Gasteiger partial charge in [0, 0.05) is 30.8 Å². The van der Waals surface area contributed by atoms with E-state index in [2.05, 4.69) is 22.0 Å². The number of halogens is 1. The molecule has 2 aliphatic rings. The molecule has 2 saturated heterocycles. The van der Waals surface area contributed by atoms with Crippen LogP contribution in [0.15, 0.2) is 42.6 Å². The van der Waals surface area contributed by atoms with Crippen LogP contribution in [0.2, 0.25) is 5.02 Å². The third-order valence-electron chi connectivity index (χ3n) is 4.86. The number of benzene rings is 1. The minimum atomic E-state index is -0.129. The predicted octanol–water partition coefficient (Wildman–Crippen LogP) is 5.04. The lowest BCUT2D eigenvalue weighted by atomic mass is 9.97. The average molecular weight is 421 g/mol. The molecule has 1 aromatic carbocycles. The number of thioether (sulfide) groups is 2. The zero-order chi connectivity index (χ0) is 18.6. The summed E-state index contributed by atoms with van der Waals surface area (Å²) < 4.78 is 6.14. The SMILES string of the molecule is O=C(Oc1ccc(C2SCCS2)cc1)C1CCN(c2ccc(Cl)cn2)CC1. The summed E-state index contributed by atoms with van der Waals surface area (Å²) in [6.45, 7) is 1.59. The summed E-state index contributed by atoms with van der Waals surface area (Å²) in [5, 5.41) is 0.633. The highest BCUT2D eigenvalue weighted by Gasteiger charge is 2.27. The molecule has 3 heterocycles. The van der Waals surface area contributed by atoms with E-state index in [1.165, 1.54) is 17.1 Å². The molecule has 0 bridgehead atoms. The standard InChI is InChI=1S/C20H21ClN2O2S2/c21-16-3-6-18(22-13-16)23-9-7-14(8-10-23)19(24)25-17-4-1-15(2-5-17)20-26-11-12-27-20/h1-6,13-14,20H,7-12H2. The van der Waals surface area contributed by atoms with E-state index >= 15 is 0 Å². The van der Waals surface area contributed by atoms with Gasteiger partial charge < -0.3 is 9.64 Å². The van der Waals surface area contributed by atoms with Gasteiger partial charge in [-0.2, -0.15) is 0 Å². The molecule has 0 spiro atoms. The molecule has 4 rings (SSSR count). The fourth-order valence-corrected chi connectivity index (χ4v) is 6.31. The Bertz CT molecular complexity index is 772. The Balaban J connectivity index is 1.29. The molecule has 0 N–H and O–H groups in total. The van der Waals surface area contributed by atoms with E-state index in [9.17, 15) is 4.79 Å². The zero-order valence-corrected chi connectivity index (χ0v) is 17.2. The van der Waals surface area contributed by atoms with Gasteiger partial charge in [0.15, 0.2) is 0 Å². The van der Waals surface area contributed by atoms with Crippen molar-refractivity contribution in [1.82, 2.24) is 4.98 Å². The monoisotopic (exact) mass is 420 g/mol. The number of rotatable bonds is 4. The summed E-state index contributed by atoms with van der Waals surface area (Å²) in [4.78, 5) is 19.1. The van der Waals surface area contributed by atoms with Crippen LogP contribution in [-0.2, 0) is 4.79 Å². The van der Waals surface area contributed by atoms with Gasteiger partial charge in [-0.1, -0.05) is 23.7 Å². The van der Waals surface area contributed by atoms with E-state index in [0.717, 1.165) is 31.7 Å². The number of carbonyl (C=O) groups is 1. The van der Waals surface area contributed by atoms with Gasteiger partial charge in [0.05, 0.1) is 15.5 Å². The molecule has 142 valence electrons. The highest BCUT2D eigenvalue weighted by Crippen LogP contribution is 2.45. The number of hydrogen-bond donors (Lipinski definition) is 0. The second-order valence-corrected chi connectivity index (χ2v) is 9.82. The molecule has 0 atom stereocenters. The first kappa shape index (κ1) is 19.0. The molecule has 0 unspecified atom stereocenters. The van der Waals surface area contributed by atoms with E-state index in [0.29, 0.717) is 15.4 Å². The van der Waals surface area contributed by atoms with Crippen molar-refractivity contribution < 1.29 is 9.53 Å². The maximum absolute atomic E-state index is 12.5. The number of esters is 1. The molecule has 27 heavy (non-hydrogen) atoms. The predicted molar refractivity (Wildman–Crippen MR) is 114 cm³/mol. The van der Waals surface area contributed by atoms with Crippen molar-refractivity contribution in [3.8, 4) is 5.75 Å². The van der Waals surface area contributed by atoms with Gasteiger partial charge in [-0.3, -0.25) is 4.79 Å². The quantitative estimate of drug-likeness (QED) is 0.510. The van der Waals surface area contributed by atoms with E-state index in [-0.39, 0.29) is 11.9 Å². The van der Waals surface area contributed by atoms with E-state index < -0.39 is 0 Å². The van der Waals surface area contributed by atoms with E-state index in [4.69, 9.17) is 16.3 Å². The summed E-state index contributed by atoms with van der Waals surface area (Å²) in [7, 11) is 0. The largest absolute Gasteiger partial charge is 0.426 e. The van der Waals surface area contributed by atoms with Gasteiger partial charge >= 0.3 is 5.97 Å². The Hall–Kier alpha value is -1.37. The number of anilines is 1. The van der Waals surface area contributed by atoms with Crippen molar-refractivity contribution in [1.29, 1.82) is 0 Å². The number of hydrogen-bond acceptors (Lipinski definition) is 6. The molecule has 2 aliphatic heterocycles. The lowest BCUT2D eigenvalue weighted by Crippen LogP contribution is -2.38. The van der Waals surface area contributed by atoms with Crippen LogP contribution in [-0.4, -0.2) is 35.5 Å². The minimum Gasteiger partial charge on any atom is -0.426 e. The number of pyridine rings is 1. The van der Waals surface area contributed by atoms with Crippen molar-refractivity contribution in [2.75, 3.05) is 29.5 Å². The van der Waals surface area contributed by atoms with Crippen LogP contribution in [0.4, 0.5) is 5.82 Å². The maximum Gasteiger partial charge on any atom is 0.314 e. The minimum absolute atomic E-state index is 0.0610. The molecule has 4 nitrogen and oxygen atoms in total.